The largest absolute Gasteiger partial charge is 0.322 e. The third kappa shape index (κ3) is 1.88. The van der Waals surface area contributed by atoms with Crippen LogP contribution in [-0.2, 0) is 0 Å². The first-order valence-corrected chi connectivity index (χ1v) is 3.94. The van der Waals surface area contributed by atoms with Crippen molar-refractivity contribution in [2.45, 2.75) is 0 Å². The molecule has 0 saturated carbocycles. The minimum absolute atomic E-state index is 0.478. The maximum atomic E-state index is 7.15. The number of hydrogen-bond acceptors (Lipinski definition) is 3. The Bertz CT molecular complexity index is 185. The molecule has 1 aliphatic rings. The zero-order valence-electron chi connectivity index (χ0n) is 5.55. The molecular formula is C6H9N3S. The van der Waals surface area contributed by atoms with Gasteiger partial charge in [0, 0.05) is 5.75 Å². The van der Waals surface area contributed by atoms with Crippen LogP contribution < -0.4 is 5.32 Å². The van der Waals surface area contributed by atoms with Gasteiger partial charge < -0.3 is 5.32 Å². The summed E-state index contributed by atoms with van der Waals surface area (Å²) in [6.07, 6.45) is 1.82. The predicted octanol–water partition coefficient (Wildman–Crippen LogP) is 0.842. The molecule has 1 rings (SSSR count). The van der Waals surface area contributed by atoms with Crippen LogP contribution in [-0.4, -0.2) is 23.3 Å². The van der Waals surface area contributed by atoms with Crippen LogP contribution in [0.15, 0.2) is 17.6 Å². The molecule has 1 aliphatic heterocycles. The lowest BCUT2D eigenvalue weighted by molar-refractivity contribution is 1.27. The summed E-state index contributed by atoms with van der Waals surface area (Å²) < 4.78 is 0. The molecule has 54 valence electrons. The maximum absolute atomic E-state index is 7.15. The Balaban J connectivity index is 2.29. The van der Waals surface area contributed by atoms with Crippen LogP contribution >= 0.6 is 11.8 Å². The SMILES string of the molecule is C=CCSC1=NCC(=N)N1. The molecule has 0 fully saturated rings. The molecule has 2 N–H and O–H groups in total. The van der Waals surface area contributed by atoms with E-state index in [1.54, 1.807) is 11.8 Å². The van der Waals surface area contributed by atoms with Gasteiger partial charge in [-0.25, -0.2) is 0 Å². The molecule has 0 aromatic rings. The Kier molecular flexibility index (Phi) is 2.50. The number of hydrogen-bond donors (Lipinski definition) is 2. The Morgan fingerprint density at radius 1 is 1.90 bits per heavy atom. The van der Waals surface area contributed by atoms with Gasteiger partial charge in [-0.05, 0) is 0 Å². The summed E-state index contributed by atoms with van der Waals surface area (Å²) in [6.45, 7) is 4.08. The van der Waals surface area contributed by atoms with E-state index in [0.717, 1.165) is 10.9 Å². The van der Waals surface area contributed by atoms with Crippen molar-refractivity contribution in [1.29, 1.82) is 5.41 Å². The van der Waals surface area contributed by atoms with E-state index < -0.39 is 0 Å². The lowest BCUT2D eigenvalue weighted by Crippen LogP contribution is -2.21. The van der Waals surface area contributed by atoms with Gasteiger partial charge in [0.05, 0.1) is 6.54 Å². The molecule has 0 bridgehead atoms. The van der Waals surface area contributed by atoms with Crippen LogP contribution in [0.3, 0.4) is 0 Å². The molecule has 0 unspecified atom stereocenters. The van der Waals surface area contributed by atoms with Crippen molar-refractivity contribution >= 4 is 22.8 Å². The molecule has 0 atom stereocenters. The smallest absolute Gasteiger partial charge is 0.162 e. The fourth-order valence-corrected chi connectivity index (χ4v) is 1.21. The standard InChI is InChI=1S/C6H9N3S/c1-2-3-10-6-8-4-5(7)9-6/h2H,1,3-4H2,(H2,7,8,9). The second-order valence-electron chi connectivity index (χ2n) is 1.82. The molecule has 0 radical (unpaired) electrons. The highest BCUT2D eigenvalue weighted by atomic mass is 32.2. The third-order valence-corrected chi connectivity index (χ3v) is 1.88. The highest BCUT2D eigenvalue weighted by Gasteiger charge is 2.08. The van der Waals surface area contributed by atoms with Gasteiger partial charge in [-0.2, -0.15) is 0 Å². The molecule has 0 aromatic carbocycles. The first-order valence-electron chi connectivity index (χ1n) is 2.95. The van der Waals surface area contributed by atoms with Crippen LogP contribution in [0.4, 0.5) is 0 Å². The summed E-state index contributed by atoms with van der Waals surface area (Å²) in [4.78, 5) is 4.05. The molecule has 1 heterocycles. The third-order valence-electron chi connectivity index (χ3n) is 0.977. The van der Waals surface area contributed by atoms with Crippen LogP contribution in [0, 0.1) is 5.41 Å². The molecule has 0 saturated heterocycles. The Hall–Kier alpha value is -0.770. The monoisotopic (exact) mass is 155 g/mol. The normalized spacial score (nSPS) is 16.4. The highest BCUT2D eigenvalue weighted by molar-refractivity contribution is 8.14. The van der Waals surface area contributed by atoms with E-state index in [1.165, 1.54) is 0 Å². The van der Waals surface area contributed by atoms with E-state index in [1.807, 2.05) is 6.08 Å². The molecule has 0 amide bonds. The second-order valence-corrected chi connectivity index (χ2v) is 2.83. The Labute approximate surface area is 64.1 Å². The lowest BCUT2D eigenvalue weighted by atomic mass is 10.6. The molecule has 0 spiro atoms. The van der Waals surface area contributed by atoms with E-state index in [-0.39, 0.29) is 0 Å². The summed E-state index contributed by atoms with van der Waals surface area (Å²) in [7, 11) is 0. The zero-order chi connectivity index (χ0) is 7.40. The van der Waals surface area contributed by atoms with Crippen molar-refractivity contribution in [2.75, 3.05) is 12.3 Å². The molecule has 4 heteroatoms. The van der Waals surface area contributed by atoms with Crippen LogP contribution in [0.5, 0.6) is 0 Å². The van der Waals surface area contributed by atoms with E-state index >= 15 is 0 Å². The number of rotatable bonds is 2. The summed E-state index contributed by atoms with van der Waals surface area (Å²) in [5, 5.41) is 10.8. The summed E-state index contributed by atoms with van der Waals surface area (Å²) in [6, 6.07) is 0. The average Bonchev–Trinajstić information content (AvgIpc) is 2.31. The van der Waals surface area contributed by atoms with Gasteiger partial charge in [-0.15, -0.1) is 6.58 Å². The van der Waals surface area contributed by atoms with Crippen molar-refractivity contribution in [3.63, 3.8) is 0 Å². The van der Waals surface area contributed by atoms with Crippen LogP contribution in [0.2, 0.25) is 0 Å². The zero-order valence-corrected chi connectivity index (χ0v) is 6.37. The lowest BCUT2D eigenvalue weighted by Gasteiger charge is -1.96. The molecule has 10 heavy (non-hydrogen) atoms. The summed E-state index contributed by atoms with van der Waals surface area (Å²) in [5.41, 5.74) is 0. The van der Waals surface area contributed by atoms with Crippen molar-refractivity contribution in [1.82, 2.24) is 5.32 Å². The Morgan fingerprint density at radius 2 is 2.70 bits per heavy atom. The first kappa shape index (κ1) is 7.34. The molecule has 3 nitrogen and oxygen atoms in total. The number of amidine groups is 2. The van der Waals surface area contributed by atoms with Crippen molar-refractivity contribution in [3.8, 4) is 0 Å². The highest BCUT2D eigenvalue weighted by Crippen LogP contribution is 2.04. The van der Waals surface area contributed by atoms with E-state index in [0.29, 0.717) is 12.4 Å². The molecule has 0 aliphatic carbocycles. The second kappa shape index (κ2) is 3.41. The fourth-order valence-electron chi connectivity index (χ4n) is 0.579. The van der Waals surface area contributed by atoms with Crippen molar-refractivity contribution in [3.05, 3.63) is 12.7 Å². The maximum Gasteiger partial charge on any atom is 0.162 e. The fraction of sp³-hybridized carbons (Fsp3) is 0.333. The molecule has 0 aromatic heterocycles. The minimum Gasteiger partial charge on any atom is -0.322 e. The number of aliphatic imine (C=N–C) groups is 1. The van der Waals surface area contributed by atoms with Crippen LogP contribution in [0.1, 0.15) is 0 Å². The predicted molar refractivity (Wildman–Crippen MR) is 45.8 cm³/mol. The van der Waals surface area contributed by atoms with Gasteiger partial charge in [-0.3, -0.25) is 10.4 Å². The summed E-state index contributed by atoms with van der Waals surface area (Å²) >= 11 is 1.57. The van der Waals surface area contributed by atoms with Gasteiger partial charge in [0.15, 0.2) is 5.17 Å². The van der Waals surface area contributed by atoms with E-state index in [4.69, 9.17) is 5.41 Å². The van der Waals surface area contributed by atoms with Gasteiger partial charge in [0.2, 0.25) is 0 Å². The van der Waals surface area contributed by atoms with Crippen molar-refractivity contribution in [2.24, 2.45) is 4.99 Å². The van der Waals surface area contributed by atoms with Crippen molar-refractivity contribution < 1.29 is 0 Å². The minimum atomic E-state index is 0.478. The van der Waals surface area contributed by atoms with E-state index in [2.05, 4.69) is 16.9 Å². The number of nitrogens with zero attached hydrogens (tertiary/aromatic N) is 1. The van der Waals surface area contributed by atoms with Gasteiger partial charge >= 0.3 is 0 Å². The quantitative estimate of drug-likeness (QED) is 0.580. The summed E-state index contributed by atoms with van der Waals surface area (Å²) in [5.74, 6) is 1.32. The van der Waals surface area contributed by atoms with Crippen LogP contribution in [0.25, 0.3) is 0 Å². The first-order chi connectivity index (χ1) is 4.83. The van der Waals surface area contributed by atoms with Gasteiger partial charge in [0.25, 0.3) is 0 Å². The molecular weight excluding hydrogens is 146 g/mol. The Morgan fingerprint density at radius 3 is 3.20 bits per heavy atom. The number of thioether (sulfide) groups is 1. The van der Waals surface area contributed by atoms with Gasteiger partial charge in [-0.1, -0.05) is 17.8 Å². The van der Waals surface area contributed by atoms with E-state index in [9.17, 15) is 0 Å². The topological polar surface area (TPSA) is 48.2 Å². The average molecular weight is 155 g/mol. The van der Waals surface area contributed by atoms with Gasteiger partial charge in [0.1, 0.15) is 5.84 Å². The number of nitrogens with one attached hydrogen (secondary N) is 2.